The molecule has 0 N–H and O–H groups in total. The summed E-state index contributed by atoms with van der Waals surface area (Å²) in [6.07, 6.45) is 0. The van der Waals surface area contributed by atoms with Gasteiger partial charge in [-0.3, -0.25) is 8.46 Å². The number of halogens is 2. The van der Waals surface area contributed by atoms with Crippen molar-refractivity contribution in [3.05, 3.63) is 22.8 Å². The Hall–Kier alpha value is 0.848. The van der Waals surface area contributed by atoms with Crippen LogP contribution in [0.15, 0.2) is 22.8 Å². The maximum atomic E-state index is 7.67. The number of rotatable bonds is 4. The molecule has 0 aromatic heterocycles. The summed E-state index contributed by atoms with van der Waals surface area (Å²) in [6.45, 7) is 36.7. The molecule has 1 heterocycles. The molecule has 0 saturated carbocycles. The van der Waals surface area contributed by atoms with Gasteiger partial charge in [0.25, 0.3) is 0 Å². The number of hydrogen-bond donors (Lipinski definition) is 0. The summed E-state index contributed by atoms with van der Waals surface area (Å²) < 4.78 is 5.06. The molecule has 1 rings (SSSR count). The van der Waals surface area contributed by atoms with Gasteiger partial charge >= 0.3 is 15.4 Å². The highest BCUT2D eigenvalue weighted by molar-refractivity contribution is 7.47. The van der Waals surface area contributed by atoms with Crippen molar-refractivity contribution >= 4 is 53.7 Å². The van der Waals surface area contributed by atoms with Gasteiger partial charge in [0, 0.05) is 11.1 Å². The van der Waals surface area contributed by atoms with Crippen molar-refractivity contribution in [2.24, 2.45) is 0 Å². The molecule has 2 nitrogen and oxygen atoms in total. The van der Waals surface area contributed by atoms with Crippen LogP contribution in [-0.4, -0.2) is 51.1 Å². The molecule has 0 aliphatic carbocycles. The lowest BCUT2D eigenvalue weighted by atomic mass is 10.1. The normalized spacial score (nSPS) is 29.5. The number of hydrogen-bond acceptors (Lipinski definition) is 2. The predicted octanol–water partition coefficient (Wildman–Crippen LogP) is 6.50. The first kappa shape index (κ1) is 24.9. The van der Waals surface area contributed by atoms with Crippen molar-refractivity contribution in [1.82, 2.24) is 8.46 Å². The Morgan fingerprint density at radius 2 is 0.846 bits per heavy atom. The van der Waals surface area contributed by atoms with Crippen LogP contribution in [0.5, 0.6) is 0 Å². The van der Waals surface area contributed by atoms with Crippen molar-refractivity contribution in [1.29, 1.82) is 0 Å². The standard InChI is InChI=1S/C18H40Cl2N2Si4/c1-15(23(9,10)11)25(19)21(17(3,4)5)26(20,16(2)24(12,13)14)22(25)18(6,7)8/h1-2H2,3-14H3. The zero-order chi connectivity index (χ0) is 21.3. The van der Waals surface area contributed by atoms with Crippen LogP contribution in [0, 0.1) is 0 Å². The first-order valence-electron chi connectivity index (χ1n) is 9.43. The van der Waals surface area contributed by atoms with Crippen molar-refractivity contribution in [3.8, 4) is 0 Å². The van der Waals surface area contributed by atoms with E-state index in [1.807, 2.05) is 0 Å². The van der Waals surface area contributed by atoms with E-state index < -0.39 is 31.6 Å². The Labute approximate surface area is 176 Å². The Bertz CT molecular complexity index is 545. The summed E-state index contributed by atoms with van der Waals surface area (Å²) in [5.41, 5.74) is -0.232. The fourth-order valence-electron chi connectivity index (χ4n) is 3.82. The largest absolute Gasteiger partial charge is 0.323 e. The minimum atomic E-state index is -2.64. The molecule has 0 unspecified atom stereocenters. The molecule has 0 amide bonds. The van der Waals surface area contributed by atoms with Gasteiger partial charge in [-0.05, 0) is 41.5 Å². The Morgan fingerprint density at radius 3 is 0.962 bits per heavy atom. The maximum Gasteiger partial charge on any atom is 0.323 e. The van der Waals surface area contributed by atoms with Crippen LogP contribution in [0.25, 0.3) is 0 Å². The third kappa shape index (κ3) is 3.82. The molecule has 0 aromatic rings. The van der Waals surface area contributed by atoms with E-state index in [9.17, 15) is 0 Å². The fraction of sp³-hybridized carbons (Fsp3) is 0.778. The van der Waals surface area contributed by atoms with E-state index in [2.05, 4.69) is 102 Å². The summed E-state index contributed by atoms with van der Waals surface area (Å²) >= 11 is 15.3. The van der Waals surface area contributed by atoms with Crippen LogP contribution in [0.2, 0.25) is 39.3 Å². The zero-order valence-corrected chi connectivity index (χ0v) is 24.6. The van der Waals surface area contributed by atoms with Gasteiger partial charge in [-0.2, -0.15) is 0 Å². The highest BCUT2D eigenvalue weighted by Gasteiger charge is 2.79. The highest BCUT2D eigenvalue weighted by atomic mass is 35.6. The van der Waals surface area contributed by atoms with Crippen molar-refractivity contribution in [2.75, 3.05) is 0 Å². The van der Waals surface area contributed by atoms with Crippen LogP contribution in [0.3, 0.4) is 0 Å². The quantitative estimate of drug-likeness (QED) is 0.344. The average molecular weight is 468 g/mol. The molecule has 8 heteroatoms. The molecule has 1 aliphatic rings. The molecule has 0 spiro atoms. The van der Waals surface area contributed by atoms with Crippen molar-refractivity contribution in [2.45, 2.75) is 91.9 Å². The van der Waals surface area contributed by atoms with Crippen LogP contribution in [0.1, 0.15) is 41.5 Å². The summed E-state index contributed by atoms with van der Waals surface area (Å²) in [4.78, 5) is 2.53. The third-order valence-electron chi connectivity index (χ3n) is 5.11. The monoisotopic (exact) mass is 466 g/mol. The molecule has 1 fully saturated rings. The first-order chi connectivity index (χ1) is 11.0. The molecule has 0 radical (unpaired) electrons. The summed E-state index contributed by atoms with van der Waals surface area (Å²) in [6, 6.07) is 0. The fourth-order valence-corrected chi connectivity index (χ4v) is 37.8. The molecular formula is C18H40Cl2N2Si4. The molecule has 1 aliphatic heterocycles. The van der Waals surface area contributed by atoms with Crippen molar-refractivity contribution < 1.29 is 0 Å². The molecule has 0 aromatic carbocycles. The topological polar surface area (TPSA) is 6.48 Å². The van der Waals surface area contributed by atoms with Crippen LogP contribution in [-0.2, 0) is 0 Å². The van der Waals surface area contributed by atoms with E-state index in [0.29, 0.717) is 0 Å². The van der Waals surface area contributed by atoms with Gasteiger partial charge < -0.3 is 0 Å². The minimum absolute atomic E-state index is 0.116. The Kier molecular flexibility index (Phi) is 6.40. The lowest BCUT2D eigenvalue weighted by molar-refractivity contribution is 0.216. The second kappa shape index (κ2) is 6.69. The minimum Gasteiger partial charge on any atom is -0.286 e. The average Bonchev–Trinajstić information content (AvgIpc) is 2.29. The van der Waals surface area contributed by atoms with Crippen LogP contribution >= 0.6 is 22.2 Å². The second-order valence-corrected chi connectivity index (χ2v) is 32.3. The van der Waals surface area contributed by atoms with Crippen molar-refractivity contribution in [3.63, 3.8) is 0 Å². The van der Waals surface area contributed by atoms with E-state index in [1.54, 1.807) is 0 Å². The van der Waals surface area contributed by atoms with Gasteiger partial charge in [-0.1, -0.05) is 48.9 Å². The van der Waals surface area contributed by atoms with Crippen LogP contribution < -0.4 is 0 Å². The van der Waals surface area contributed by atoms with Gasteiger partial charge in [0.05, 0.1) is 16.1 Å². The molecular weight excluding hydrogens is 427 g/mol. The van der Waals surface area contributed by atoms with Gasteiger partial charge in [0.15, 0.2) is 0 Å². The summed E-state index contributed by atoms with van der Waals surface area (Å²) in [7, 11) is -8.60. The van der Waals surface area contributed by atoms with E-state index >= 15 is 0 Å². The maximum absolute atomic E-state index is 7.67. The van der Waals surface area contributed by atoms with Gasteiger partial charge in [-0.15, -0.1) is 35.3 Å². The van der Waals surface area contributed by atoms with E-state index in [-0.39, 0.29) is 11.1 Å². The molecule has 1 saturated heterocycles. The SMILES string of the molecule is C=C([Si](C)(C)C)[Si]1(Cl)N(C(C)(C)C)[Si](Cl)(C(=C)[Si](C)(C)C)N1C(C)(C)C. The molecule has 152 valence electrons. The van der Waals surface area contributed by atoms with Gasteiger partial charge in [0.2, 0.25) is 0 Å². The zero-order valence-electron chi connectivity index (χ0n) is 19.1. The van der Waals surface area contributed by atoms with E-state index in [0.717, 1.165) is 0 Å². The van der Waals surface area contributed by atoms with E-state index in [4.69, 9.17) is 22.2 Å². The summed E-state index contributed by atoms with van der Waals surface area (Å²) in [5, 5.41) is 0. The third-order valence-corrected chi connectivity index (χ3v) is 31.8. The lowest BCUT2D eigenvalue weighted by Gasteiger charge is -2.74. The summed E-state index contributed by atoms with van der Waals surface area (Å²) in [5.74, 6) is 0. The van der Waals surface area contributed by atoms with Gasteiger partial charge in [0.1, 0.15) is 0 Å². The van der Waals surface area contributed by atoms with Crippen LogP contribution in [0.4, 0.5) is 0 Å². The number of nitrogens with zero attached hydrogens (tertiary/aromatic N) is 2. The Balaban J connectivity index is 3.82. The Morgan fingerprint density at radius 1 is 0.654 bits per heavy atom. The highest BCUT2D eigenvalue weighted by Crippen LogP contribution is 2.58. The second-order valence-electron chi connectivity index (χ2n) is 11.6. The molecule has 0 atom stereocenters. The first-order valence-corrected chi connectivity index (χ1v) is 22.2. The van der Waals surface area contributed by atoms with E-state index in [1.165, 1.54) is 9.64 Å². The molecule has 0 bridgehead atoms. The lowest BCUT2D eigenvalue weighted by Crippen LogP contribution is -2.97. The van der Waals surface area contributed by atoms with Gasteiger partial charge in [-0.25, -0.2) is 0 Å². The molecule has 26 heavy (non-hydrogen) atoms. The smallest absolute Gasteiger partial charge is 0.286 e. The predicted molar refractivity (Wildman–Crippen MR) is 131 cm³/mol.